The van der Waals surface area contributed by atoms with E-state index in [1.165, 1.54) is 24.3 Å². The number of nitrogens with two attached hydrogens (primary N) is 1. The van der Waals surface area contributed by atoms with E-state index in [-0.39, 0.29) is 23.1 Å². The summed E-state index contributed by atoms with van der Waals surface area (Å²) in [5.41, 5.74) is 8.68. The molecule has 2 N–H and O–H groups in total. The van der Waals surface area contributed by atoms with Crippen LogP contribution in [0.15, 0.2) is 42.5 Å². The van der Waals surface area contributed by atoms with Crippen LogP contribution >= 0.6 is 0 Å². The lowest BCUT2D eigenvalue weighted by Gasteiger charge is -2.33. The Labute approximate surface area is 118 Å². The molecular weight excluding hydrogens is 256 g/mol. The molecule has 2 rings (SSSR count). The number of rotatable bonds is 3. The average molecular weight is 275 g/mol. The summed E-state index contributed by atoms with van der Waals surface area (Å²) in [5.74, 6) is -0.533. The number of aryl methyl sites for hydroxylation is 1. The first-order valence-electron chi connectivity index (χ1n) is 6.60. The van der Waals surface area contributed by atoms with Gasteiger partial charge < -0.3 is 5.73 Å². The Bertz CT molecular complexity index is 603. The molecule has 1 nitrogen and oxygen atoms in total. The lowest BCUT2D eigenvalue weighted by atomic mass is 9.74. The van der Waals surface area contributed by atoms with Crippen LogP contribution < -0.4 is 5.73 Å². The molecule has 0 bridgehead atoms. The van der Waals surface area contributed by atoms with E-state index in [2.05, 4.69) is 0 Å². The number of benzene rings is 2. The normalized spacial score (nSPS) is 13.3. The third-order valence-corrected chi connectivity index (χ3v) is 3.93. The van der Waals surface area contributed by atoms with Gasteiger partial charge in [-0.1, -0.05) is 32.0 Å². The Morgan fingerprint density at radius 2 is 1.50 bits per heavy atom. The van der Waals surface area contributed by atoms with Crippen LogP contribution in [-0.2, 0) is 5.41 Å². The van der Waals surface area contributed by atoms with Crippen molar-refractivity contribution in [2.24, 2.45) is 5.73 Å². The van der Waals surface area contributed by atoms with E-state index in [0.717, 1.165) is 16.7 Å². The number of hydrogen-bond acceptors (Lipinski definition) is 1. The molecule has 2 aromatic rings. The second-order valence-electron chi connectivity index (χ2n) is 5.71. The van der Waals surface area contributed by atoms with E-state index in [4.69, 9.17) is 5.73 Å². The van der Waals surface area contributed by atoms with Gasteiger partial charge >= 0.3 is 0 Å². The molecule has 1 atom stereocenters. The summed E-state index contributed by atoms with van der Waals surface area (Å²) in [6, 6.07) is 10.7. The fourth-order valence-electron chi connectivity index (χ4n) is 2.44. The minimum atomic E-state index is -0.379. The molecule has 0 aliphatic carbocycles. The van der Waals surface area contributed by atoms with Gasteiger partial charge in [0.15, 0.2) is 0 Å². The molecule has 3 heteroatoms. The Kier molecular flexibility index (Phi) is 3.91. The van der Waals surface area contributed by atoms with Crippen molar-refractivity contribution in [1.82, 2.24) is 0 Å². The molecule has 1 unspecified atom stereocenters. The lowest BCUT2D eigenvalue weighted by molar-refractivity contribution is 0.418. The SMILES string of the molecule is Cc1cc(F)ccc1C(N)C(C)(C)c1ccc(F)cc1. The first-order valence-corrected chi connectivity index (χ1v) is 6.60. The molecule has 0 spiro atoms. The van der Waals surface area contributed by atoms with Crippen molar-refractivity contribution in [3.63, 3.8) is 0 Å². The molecule has 0 saturated carbocycles. The van der Waals surface area contributed by atoms with Crippen molar-refractivity contribution >= 4 is 0 Å². The van der Waals surface area contributed by atoms with Gasteiger partial charge in [-0.2, -0.15) is 0 Å². The zero-order chi connectivity index (χ0) is 14.9. The van der Waals surface area contributed by atoms with Crippen LogP contribution in [0.3, 0.4) is 0 Å². The fraction of sp³-hybridized carbons (Fsp3) is 0.294. The van der Waals surface area contributed by atoms with Gasteiger partial charge in [0.25, 0.3) is 0 Å². The Balaban J connectivity index is 2.39. The third kappa shape index (κ3) is 2.73. The van der Waals surface area contributed by atoms with E-state index in [1.807, 2.05) is 20.8 Å². The highest BCUT2D eigenvalue weighted by Crippen LogP contribution is 2.36. The van der Waals surface area contributed by atoms with Gasteiger partial charge in [-0.3, -0.25) is 0 Å². The standard InChI is InChI=1S/C17H19F2N/c1-11-10-14(19)8-9-15(11)16(20)17(2,3)12-4-6-13(18)7-5-12/h4-10,16H,20H2,1-3H3. The first kappa shape index (κ1) is 14.7. The van der Waals surface area contributed by atoms with E-state index in [1.54, 1.807) is 18.2 Å². The van der Waals surface area contributed by atoms with Crippen LogP contribution in [0.1, 0.15) is 36.6 Å². The van der Waals surface area contributed by atoms with Crippen molar-refractivity contribution in [3.8, 4) is 0 Å². The lowest BCUT2D eigenvalue weighted by Crippen LogP contribution is -2.33. The maximum absolute atomic E-state index is 13.2. The molecule has 2 aromatic carbocycles. The summed E-state index contributed by atoms with van der Waals surface area (Å²) in [7, 11) is 0. The molecule has 106 valence electrons. The second-order valence-corrected chi connectivity index (χ2v) is 5.71. The van der Waals surface area contributed by atoms with E-state index < -0.39 is 0 Å². The molecule has 20 heavy (non-hydrogen) atoms. The first-order chi connectivity index (χ1) is 9.32. The average Bonchev–Trinajstić information content (AvgIpc) is 2.38. The predicted octanol–water partition coefficient (Wildman–Crippen LogP) is 4.25. The fourth-order valence-corrected chi connectivity index (χ4v) is 2.44. The summed E-state index contributed by atoms with van der Waals surface area (Å²) in [6.45, 7) is 5.86. The van der Waals surface area contributed by atoms with Crippen molar-refractivity contribution in [2.45, 2.75) is 32.2 Å². The van der Waals surface area contributed by atoms with Crippen LogP contribution in [-0.4, -0.2) is 0 Å². The molecular formula is C17H19F2N. The van der Waals surface area contributed by atoms with Gasteiger partial charge in [0, 0.05) is 11.5 Å². The maximum atomic E-state index is 13.2. The minimum absolute atomic E-state index is 0.266. The third-order valence-electron chi connectivity index (χ3n) is 3.93. The number of halogens is 2. The van der Waals surface area contributed by atoms with E-state index >= 15 is 0 Å². The molecule has 0 heterocycles. The van der Waals surface area contributed by atoms with Crippen LogP contribution in [0.5, 0.6) is 0 Å². The maximum Gasteiger partial charge on any atom is 0.123 e. The zero-order valence-electron chi connectivity index (χ0n) is 12.0. The summed E-state index contributed by atoms with van der Waals surface area (Å²) < 4.78 is 26.2. The molecule has 0 aliphatic rings. The van der Waals surface area contributed by atoms with Crippen molar-refractivity contribution in [2.75, 3.05) is 0 Å². The summed E-state index contributed by atoms with van der Waals surface area (Å²) in [6.07, 6.45) is 0. The topological polar surface area (TPSA) is 26.0 Å². The minimum Gasteiger partial charge on any atom is -0.323 e. The van der Waals surface area contributed by atoms with Gasteiger partial charge in [-0.15, -0.1) is 0 Å². The molecule has 0 aliphatic heterocycles. The molecule has 0 amide bonds. The van der Waals surface area contributed by atoms with Crippen molar-refractivity contribution in [3.05, 3.63) is 70.8 Å². The van der Waals surface area contributed by atoms with Gasteiger partial charge in [-0.25, -0.2) is 8.78 Å². The quantitative estimate of drug-likeness (QED) is 0.890. The molecule has 0 saturated heterocycles. The highest BCUT2D eigenvalue weighted by Gasteiger charge is 2.30. The van der Waals surface area contributed by atoms with E-state index in [0.29, 0.717) is 0 Å². The van der Waals surface area contributed by atoms with Gasteiger partial charge in [0.2, 0.25) is 0 Å². The Morgan fingerprint density at radius 1 is 0.950 bits per heavy atom. The predicted molar refractivity (Wildman–Crippen MR) is 77.5 cm³/mol. The van der Waals surface area contributed by atoms with Gasteiger partial charge in [-0.05, 0) is 47.9 Å². The summed E-state index contributed by atoms with van der Waals surface area (Å²) >= 11 is 0. The van der Waals surface area contributed by atoms with Crippen molar-refractivity contribution in [1.29, 1.82) is 0 Å². The smallest absolute Gasteiger partial charge is 0.123 e. The monoisotopic (exact) mass is 275 g/mol. The van der Waals surface area contributed by atoms with Gasteiger partial charge in [0.1, 0.15) is 11.6 Å². The largest absolute Gasteiger partial charge is 0.323 e. The van der Waals surface area contributed by atoms with Crippen LogP contribution in [0.25, 0.3) is 0 Å². The Hall–Kier alpha value is -1.74. The highest BCUT2D eigenvalue weighted by atomic mass is 19.1. The zero-order valence-corrected chi connectivity index (χ0v) is 12.0. The molecule has 0 radical (unpaired) electrons. The van der Waals surface area contributed by atoms with E-state index in [9.17, 15) is 8.78 Å². The molecule has 0 aromatic heterocycles. The van der Waals surface area contributed by atoms with Crippen LogP contribution in [0.4, 0.5) is 8.78 Å². The summed E-state index contributed by atoms with van der Waals surface area (Å²) in [4.78, 5) is 0. The highest BCUT2D eigenvalue weighted by molar-refractivity contribution is 5.36. The summed E-state index contributed by atoms with van der Waals surface area (Å²) in [5, 5.41) is 0. The van der Waals surface area contributed by atoms with Gasteiger partial charge in [0.05, 0.1) is 0 Å². The van der Waals surface area contributed by atoms with Crippen LogP contribution in [0, 0.1) is 18.6 Å². The van der Waals surface area contributed by atoms with Crippen molar-refractivity contribution < 1.29 is 8.78 Å². The second kappa shape index (κ2) is 5.33. The number of hydrogen-bond donors (Lipinski definition) is 1. The Morgan fingerprint density at radius 3 is 2.05 bits per heavy atom. The molecule has 0 fully saturated rings. The van der Waals surface area contributed by atoms with Crippen LogP contribution in [0.2, 0.25) is 0 Å².